The topological polar surface area (TPSA) is 110 Å². The number of rotatable bonds is 8. The van der Waals surface area contributed by atoms with Crippen LogP contribution in [0.5, 0.6) is 0 Å². The Balaban J connectivity index is 1.25. The van der Waals surface area contributed by atoms with Crippen LogP contribution in [0, 0.1) is 6.92 Å². The number of anilines is 1. The number of hydrogen-bond donors (Lipinski definition) is 2. The molecule has 7 nitrogen and oxygen atoms in total. The molecule has 0 unspecified atom stereocenters. The monoisotopic (exact) mass is 583 g/mol. The molecule has 41 heavy (non-hydrogen) atoms. The lowest BCUT2D eigenvalue weighted by Crippen LogP contribution is -2.33. The van der Waals surface area contributed by atoms with Gasteiger partial charge in [0.2, 0.25) is 10.0 Å². The molecular weight excluding hydrogens is 555 g/mol. The van der Waals surface area contributed by atoms with Crippen LogP contribution in [0.15, 0.2) is 112 Å². The molecule has 0 aromatic heterocycles. The molecule has 2 amide bonds. The van der Waals surface area contributed by atoms with Crippen LogP contribution in [0.2, 0.25) is 0 Å². The normalized spacial score (nSPS) is 14.1. The van der Waals surface area contributed by atoms with Gasteiger partial charge >= 0.3 is 0 Å². The van der Waals surface area contributed by atoms with Crippen molar-refractivity contribution in [3.8, 4) is 0 Å². The minimum absolute atomic E-state index is 0.0527. The van der Waals surface area contributed by atoms with Crippen molar-refractivity contribution in [1.82, 2.24) is 5.32 Å². The molecule has 5 rings (SSSR count). The highest BCUT2D eigenvalue weighted by Gasteiger charge is 2.29. The number of nitrogens with one attached hydrogen (secondary N) is 1. The number of primary sulfonamides is 1. The van der Waals surface area contributed by atoms with Gasteiger partial charge in [-0.3, -0.25) is 9.59 Å². The summed E-state index contributed by atoms with van der Waals surface area (Å²) < 4.78 is 22.8. The fraction of sp³-hybridized carbons (Fsp3) is 0.125. The summed E-state index contributed by atoms with van der Waals surface area (Å²) >= 11 is 1.45. The first kappa shape index (κ1) is 28.4. The Bertz CT molecular complexity index is 1730. The van der Waals surface area contributed by atoms with Gasteiger partial charge in [0.25, 0.3) is 11.8 Å². The first-order chi connectivity index (χ1) is 19.7. The quantitative estimate of drug-likeness (QED) is 0.274. The summed E-state index contributed by atoms with van der Waals surface area (Å²) in [6.07, 6.45) is 2.40. The van der Waals surface area contributed by atoms with Crippen LogP contribution in [0.25, 0.3) is 6.08 Å². The molecule has 0 bridgehead atoms. The third-order valence-electron chi connectivity index (χ3n) is 6.68. The van der Waals surface area contributed by atoms with E-state index >= 15 is 0 Å². The summed E-state index contributed by atoms with van der Waals surface area (Å²) in [5.41, 5.74) is 5.32. The number of nitrogens with two attached hydrogens (primary N) is 1. The predicted octanol–water partition coefficient (Wildman–Crippen LogP) is 5.29. The highest BCUT2D eigenvalue weighted by molar-refractivity contribution is 8.04. The Morgan fingerprint density at radius 2 is 1.66 bits per heavy atom. The zero-order valence-corrected chi connectivity index (χ0v) is 24.0. The van der Waals surface area contributed by atoms with Gasteiger partial charge in [-0.15, -0.1) is 0 Å². The van der Waals surface area contributed by atoms with Gasteiger partial charge in [-0.05, 0) is 72.5 Å². The van der Waals surface area contributed by atoms with Crippen molar-refractivity contribution in [3.63, 3.8) is 0 Å². The Labute approximate surface area is 244 Å². The maximum absolute atomic E-state index is 13.6. The van der Waals surface area contributed by atoms with E-state index in [-0.39, 0.29) is 16.7 Å². The van der Waals surface area contributed by atoms with Crippen LogP contribution in [0.3, 0.4) is 0 Å². The van der Waals surface area contributed by atoms with Crippen LogP contribution in [-0.2, 0) is 27.8 Å². The maximum atomic E-state index is 13.6. The molecule has 1 aliphatic rings. The molecule has 0 saturated carbocycles. The summed E-state index contributed by atoms with van der Waals surface area (Å²) in [4.78, 5) is 29.8. The molecular formula is C32H29N3O4S2. The molecule has 0 saturated heterocycles. The second-order valence-electron chi connectivity index (χ2n) is 9.78. The van der Waals surface area contributed by atoms with Crippen molar-refractivity contribution in [3.05, 3.63) is 130 Å². The second kappa shape index (κ2) is 12.1. The van der Waals surface area contributed by atoms with E-state index in [4.69, 9.17) is 5.14 Å². The van der Waals surface area contributed by atoms with E-state index in [1.807, 2.05) is 72.5 Å². The van der Waals surface area contributed by atoms with Crippen molar-refractivity contribution >= 4 is 45.4 Å². The summed E-state index contributed by atoms with van der Waals surface area (Å²) in [6, 6.07) is 29.5. The van der Waals surface area contributed by atoms with Crippen LogP contribution < -0.4 is 15.4 Å². The SMILES string of the molecule is Cc1cccc(CN2C(=O)/C(=C\c3ccc(C(=O)NCCc4ccc(S(N)(=O)=O)cc4)cc3)Sc3ccccc32)c1. The van der Waals surface area contributed by atoms with Crippen molar-refractivity contribution in [2.45, 2.75) is 29.7 Å². The largest absolute Gasteiger partial charge is 0.352 e. The number of thioether (sulfide) groups is 1. The minimum Gasteiger partial charge on any atom is -0.352 e. The van der Waals surface area contributed by atoms with E-state index in [1.54, 1.807) is 24.3 Å². The van der Waals surface area contributed by atoms with Gasteiger partial charge in [0.15, 0.2) is 0 Å². The van der Waals surface area contributed by atoms with Gasteiger partial charge in [0, 0.05) is 17.0 Å². The molecule has 0 atom stereocenters. The lowest BCUT2D eigenvalue weighted by molar-refractivity contribution is -0.114. The number of hydrogen-bond acceptors (Lipinski definition) is 5. The van der Waals surface area contributed by atoms with Crippen LogP contribution in [0.1, 0.15) is 32.6 Å². The zero-order valence-electron chi connectivity index (χ0n) is 22.4. The van der Waals surface area contributed by atoms with E-state index in [0.29, 0.717) is 30.0 Å². The lowest BCUT2D eigenvalue weighted by atomic mass is 10.1. The number of para-hydroxylation sites is 1. The van der Waals surface area contributed by atoms with E-state index in [0.717, 1.165) is 32.8 Å². The molecule has 4 aromatic carbocycles. The number of aryl methyl sites for hydroxylation is 1. The molecule has 0 radical (unpaired) electrons. The lowest BCUT2D eigenvalue weighted by Gasteiger charge is -2.30. The summed E-state index contributed by atoms with van der Waals surface area (Å²) in [5.74, 6) is -0.277. The fourth-order valence-electron chi connectivity index (χ4n) is 4.56. The van der Waals surface area contributed by atoms with Crippen LogP contribution in [0.4, 0.5) is 5.69 Å². The van der Waals surface area contributed by atoms with Crippen LogP contribution in [-0.4, -0.2) is 26.8 Å². The van der Waals surface area contributed by atoms with Gasteiger partial charge in [0.05, 0.1) is 22.0 Å². The Kier molecular flexibility index (Phi) is 8.39. The first-order valence-electron chi connectivity index (χ1n) is 13.0. The fourth-order valence-corrected chi connectivity index (χ4v) is 6.14. The smallest absolute Gasteiger partial charge is 0.265 e. The molecule has 0 aliphatic carbocycles. The van der Waals surface area contributed by atoms with E-state index in [2.05, 4.69) is 11.4 Å². The number of fused-ring (bicyclic) bond motifs is 1. The molecule has 4 aromatic rings. The van der Waals surface area contributed by atoms with Crippen molar-refractivity contribution in [2.75, 3.05) is 11.4 Å². The van der Waals surface area contributed by atoms with E-state index < -0.39 is 10.0 Å². The highest BCUT2D eigenvalue weighted by atomic mass is 32.2. The number of sulfonamides is 1. The maximum Gasteiger partial charge on any atom is 0.265 e. The van der Waals surface area contributed by atoms with Crippen molar-refractivity contribution in [2.24, 2.45) is 5.14 Å². The van der Waals surface area contributed by atoms with E-state index in [1.165, 1.54) is 23.9 Å². The molecule has 0 fully saturated rings. The number of amides is 2. The number of nitrogens with zero attached hydrogens (tertiary/aromatic N) is 1. The molecule has 3 N–H and O–H groups in total. The minimum atomic E-state index is -3.73. The Morgan fingerprint density at radius 3 is 2.37 bits per heavy atom. The standard InChI is InChI=1S/C32H29N3O4S2/c1-22-5-4-6-25(19-22)21-35-28-7-2-3-8-29(28)40-30(32(35)37)20-24-9-13-26(14-10-24)31(36)34-18-17-23-11-15-27(16-12-23)41(33,38)39/h2-16,19-20H,17-18,21H2,1H3,(H,34,36)(H2,33,38,39)/b30-20+. The Hall–Kier alpha value is -4.18. The van der Waals surface area contributed by atoms with Gasteiger partial charge in [-0.1, -0.05) is 78.0 Å². The zero-order chi connectivity index (χ0) is 29.0. The first-order valence-corrected chi connectivity index (χ1v) is 15.4. The van der Waals surface area contributed by atoms with Crippen molar-refractivity contribution < 1.29 is 18.0 Å². The summed E-state index contributed by atoms with van der Waals surface area (Å²) in [7, 11) is -3.73. The van der Waals surface area contributed by atoms with Crippen molar-refractivity contribution in [1.29, 1.82) is 0 Å². The number of carbonyl (C=O) groups excluding carboxylic acids is 2. The highest BCUT2D eigenvalue weighted by Crippen LogP contribution is 2.42. The molecule has 1 aliphatic heterocycles. The van der Waals surface area contributed by atoms with Gasteiger partial charge in [-0.2, -0.15) is 0 Å². The summed E-state index contributed by atoms with van der Waals surface area (Å²) in [5, 5.41) is 8.01. The third kappa shape index (κ3) is 6.94. The van der Waals surface area contributed by atoms with E-state index in [9.17, 15) is 18.0 Å². The molecule has 208 valence electrons. The third-order valence-corrected chi connectivity index (χ3v) is 8.68. The van der Waals surface area contributed by atoms with Gasteiger partial charge in [0.1, 0.15) is 0 Å². The average molecular weight is 584 g/mol. The number of benzene rings is 4. The average Bonchev–Trinajstić information content (AvgIpc) is 2.95. The second-order valence-corrected chi connectivity index (χ2v) is 12.4. The predicted molar refractivity (Wildman–Crippen MR) is 163 cm³/mol. The number of carbonyl (C=O) groups is 2. The Morgan fingerprint density at radius 1 is 0.927 bits per heavy atom. The molecule has 1 heterocycles. The molecule has 0 spiro atoms. The molecule has 9 heteroatoms. The van der Waals surface area contributed by atoms with Crippen LogP contribution >= 0.6 is 11.8 Å². The summed E-state index contributed by atoms with van der Waals surface area (Å²) in [6.45, 7) is 2.91. The van der Waals surface area contributed by atoms with Gasteiger partial charge < -0.3 is 10.2 Å². The van der Waals surface area contributed by atoms with Gasteiger partial charge in [-0.25, -0.2) is 13.6 Å².